The summed E-state index contributed by atoms with van der Waals surface area (Å²) in [6, 6.07) is 10.4. The Kier molecular flexibility index (Phi) is 6.40. The normalized spacial score (nSPS) is 12.0. The molecule has 0 fully saturated rings. The number of esters is 1. The highest BCUT2D eigenvalue weighted by Gasteiger charge is 2.31. The van der Waals surface area contributed by atoms with Crippen LogP contribution in [0.15, 0.2) is 48.5 Å². The highest BCUT2D eigenvalue weighted by atomic mass is 19.4. The molecule has 0 heterocycles. The molecule has 0 saturated carbocycles. The Morgan fingerprint density at radius 1 is 1.00 bits per heavy atom. The molecule has 0 aromatic heterocycles. The second-order valence-corrected chi connectivity index (χ2v) is 5.71. The van der Waals surface area contributed by atoms with E-state index in [4.69, 9.17) is 4.74 Å². The molecule has 0 radical (unpaired) electrons. The Morgan fingerprint density at radius 2 is 1.61 bits per heavy atom. The number of ether oxygens (including phenoxy) is 2. The van der Waals surface area contributed by atoms with E-state index in [9.17, 15) is 27.6 Å². The first-order valence-electron chi connectivity index (χ1n) is 8.04. The lowest BCUT2D eigenvalue weighted by Gasteiger charge is -2.15. The monoisotopic (exact) mass is 395 g/mol. The number of nitrogens with one attached hydrogen (secondary N) is 1. The number of anilines is 1. The molecule has 1 N–H and O–H groups in total. The van der Waals surface area contributed by atoms with Crippen molar-refractivity contribution in [1.82, 2.24) is 0 Å². The first-order chi connectivity index (χ1) is 13.1. The zero-order valence-electron chi connectivity index (χ0n) is 14.9. The molecule has 6 nitrogen and oxygen atoms in total. The summed E-state index contributed by atoms with van der Waals surface area (Å²) in [5.74, 6) is -2.31. The number of halogens is 3. The second-order valence-electron chi connectivity index (χ2n) is 5.71. The Bertz CT molecular complexity index is 878. The summed E-state index contributed by atoms with van der Waals surface area (Å²) in [7, 11) is 0. The van der Waals surface area contributed by atoms with E-state index in [-0.39, 0.29) is 17.0 Å². The number of carbonyl (C=O) groups excluding carboxylic acids is 3. The van der Waals surface area contributed by atoms with Crippen LogP contribution in [0.1, 0.15) is 34.6 Å². The van der Waals surface area contributed by atoms with Crippen LogP contribution in [0.25, 0.3) is 0 Å². The van der Waals surface area contributed by atoms with Crippen molar-refractivity contribution in [3.05, 3.63) is 59.7 Å². The molecule has 1 unspecified atom stereocenters. The van der Waals surface area contributed by atoms with Crippen molar-refractivity contribution in [3.63, 3.8) is 0 Å². The van der Waals surface area contributed by atoms with E-state index in [1.54, 1.807) is 18.2 Å². The number of alkyl halides is 3. The van der Waals surface area contributed by atoms with Gasteiger partial charge >= 0.3 is 12.3 Å². The van der Waals surface area contributed by atoms with Gasteiger partial charge in [-0.15, -0.1) is 13.2 Å². The molecule has 0 saturated heterocycles. The molecule has 9 heteroatoms. The van der Waals surface area contributed by atoms with Gasteiger partial charge in [-0.25, -0.2) is 4.79 Å². The highest BCUT2D eigenvalue weighted by Crippen LogP contribution is 2.23. The number of hydrogen-bond acceptors (Lipinski definition) is 5. The first kappa shape index (κ1) is 20.9. The van der Waals surface area contributed by atoms with Crippen molar-refractivity contribution >= 4 is 23.3 Å². The molecule has 2 aromatic carbocycles. The lowest BCUT2D eigenvalue weighted by atomic mass is 10.1. The van der Waals surface area contributed by atoms with Crippen molar-refractivity contribution in [2.75, 3.05) is 5.32 Å². The van der Waals surface area contributed by atoms with Crippen LogP contribution >= 0.6 is 0 Å². The van der Waals surface area contributed by atoms with E-state index < -0.39 is 30.1 Å². The summed E-state index contributed by atoms with van der Waals surface area (Å²) in [6.45, 7) is 2.67. The SMILES string of the molecule is CC(=O)c1ccccc1NC(=O)C(C)OC(=O)c1ccc(OC(F)(F)F)cc1. The third-order valence-corrected chi connectivity index (χ3v) is 3.54. The molecule has 2 rings (SSSR count). The summed E-state index contributed by atoms with van der Waals surface area (Å²) in [4.78, 5) is 35.9. The van der Waals surface area contributed by atoms with Gasteiger partial charge in [0.25, 0.3) is 5.91 Å². The van der Waals surface area contributed by atoms with E-state index >= 15 is 0 Å². The van der Waals surface area contributed by atoms with Crippen LogP contribution in [0.4, 0.5) is 18.9 Å². The summed E-state index contributed by atoms with van der Waals surface area (Å²) >= 11 is 0. The van der Waals surface area contributed by atoms with E-state index in [1.165, 1.54) is 19.9 Å². The third kappa shape index (κ3) is 5.83. The zero-order valence-corrected chi connectivity index (χ0v) is 14.9. The fourth-order valence-corrected chi connectivity index (χ4v) is 2.21. The average Bonchev–Trinajstić information content (AvgIpc) is 2.61. The molecular weight excluding hydrogens is 379 g/mol. The second kappa shape index (κ2) is 8.55. The number of Topliss-reactive ketones (excluding diaryl/α,β-unsaturated/α-hetero) is 1. The van der Waals surface area contributed by atoms with Gasteiger partial charge in [-0.1, -0.05) is 12.1 Å². The van der Waals surface area contributed by atoms with Gasteiger partial charge < -0.3 is 14.8 Å². The van der Waals surface area contributed by atoms with Gasteiger partial charge in [0.1, 0.15) is 5.75 Å². The van der Waals surface area contributed by atoms with Crippen LogP contribution in [0.5, 0.6) is 5.75 Å². The Labute approximate surface area is 158 Å². The van der Waals surface area contributed by atoms with Gasteiger partial charge in [0.15, 0.2) is 11.9 Å². The topological polar surface area (TPSA) is 81.7 Å². The standard InChI is InChI=1S/C19H16F3NO5/c1-11(24)15-5-3-4-6-16(15)23-17(25)12(2)27-18(26)13-7-9-14(10-8-13)28-19(20,21)22/h3-10,12H,1-2H3,(H,23,25). The predicted octanol–water partition coefficient (Wildman–Crippen LogP) is 3.97. The summed E-state index contributed by atoms with van der Waals surface area (Å²) in [6.07, 6.45) is -6.05. The molecule has 1 atom stereocenters. The van der Waals surface area contributed by atoms with Crippen LogP contribution in [-0.2, 0) is 9.53 Å². The van der Waals surface area contributed by atoms with E-state index in [1.807, 2.05) is 0 Å². The summed E-state index contributed by atoms with van der Waals surface area (Å²) in [5.41, 5.74) is 0.518. The van der Waals surface area contributed by atoms with Crippen LogP contribution in [0, 0.1) is 0 Å². The molecule has 28 heavy (non-hydrogen) atoms. The molecule has 0 aliphatic rings. The molecule has 0 bridgehead atoms. The Morgan fingerprint density at radius 3 is 2.18 bits per heavy atom. The molecular formula is C19H16F3NO5. The van der Waals surface area contributed by atoms with Gasteiger partial charge in [0.05, 0.1) is 11.3 Å². The van der Waals surface area contributed by atoms with Gasteiger partial charge in [-0.05, 0) is 50.2 Å². The molecule has 0 spiro atoms. The number of para-hydroxylation sites is 1. The fourth-order valence-electron chi connectivity index (χ4n) is 2.21. The Balaban J connectivity index is 2.00. The third-order valence-electron chi connectivity index (χ3n) is 3.54. The van der Waals surface area contributed by atoms with E-state index in [2.05, 4.69) is 10.1 Å². The minimum Gasteiger partial charge on any atom is -0.449 e. The lowest BCUT2D eigenvalue weighted by Crippen LogP contribution is -2.30. The summed E-state index contributed by atoms with van der Waals surface area (Å²) in [5, 5.41) is 2.50. The average molecular weight is 395 g/mol. The zero-order chi connectivity index (χ0) is 20.9. The number of benzene rings is 2. The number of amides is 1. The van der Waals surface area contributed by atoms with Crippen molar-refractivity contribution in [2.45, 2.75) is 26.3 Å². The van der Waals surface area contributed by atoms with Crippen LogP contribution in [0.2, 0.25) is 0 Å². The molecule has 148 valence electrons. The minimum atomic E-state index is -4.84. The quantitative estimate of drug-likeness (QED) is 0.591. The lowest BCUT2D eigenvalue weighted by molar-refractivity contribution is -0.274. The fraction of sp³-hybridized carbons (Fsp3) is 0.211. The minimum absolute atomic E-state index is 0.0571. The van der Waals surface area contributed by atoms with E-state index in [0.29, 0.717) is 5.56 Å². The molecule has 1 amide bonds. The number of hydrogen-bond donors (Lipinski definition) is 1. The van der Waals surface area contributed by atoms with Gasteiger partial charge in [-0.2, -0.15) is 0 Å². The maximum absolute atomic E-state index is 12.2. The molecule has 2 aromatic rings. The van der Waals surface area contributed by atoms with Gasteiger partial charge in [0, 0.05) is 5.56 Å². The largest absolute Gasteiger partial charge is 0.573 e. The van der Waals surface area contributed by atoms with Crippen molar-refractivity contribution in [2.24, 2.45) is 0 Å². The smallest absolute Gasteiger partial charge is 0.449 e. The van der Waals surface area contributed by atoms with Crippen LogP contribution < -0.4 is 10.1 Å². The Hall–Kier alpha value is -3.36. The number of ketones is 1. The molecule has 0 aliphatic carbocycles. The van der Waals surface area contributed by atoms with Crippen molar-refractivity contribution < 1.29 is 37.0 Å². The van der Waals surface area contributed by atoms with Crippen LogP contribution in [-0.4, -0.2) is 30.1 Å². The van der Waals surface area contributed by atoms with E-state index in [0.717, 1.165) is 24.3 Å². The number of carbonyl (C=O) groups is 3. The summed E-state index contributed by atoms with van der Waals surface area (Å²) < 4.78 is 45.1. The van der Waals surface area contributed by atoms with Gasteiger partial charge in [-0.3, -0.25) is 9.59 Å². The van der Waals surface area contributed by atoms with Crippen LogP contribution in [0.3, 0.4) is 0 Å². The molecule has 0 aliphatic heterocycles. The van der Waals surface area contributed by atoms with Crippen molar-refractivity contribution in [1.29, 1.82) is 0 Å². The highest BCUT2D eigenvalue weighted by molar-refractivity contribution is 6.05. The van der Waals surface area contributed by atoms with Gasteiger partial charge in [0.2, 0.25) is 0 Å². The maximum Gasteiger partial charge on any atom is 0.573 e. The first-order valence-corrected chi connectivity index (χ1v) is 8.04. The van der Waals surface area contributed by atoms with Crippen molar-refractivity contribution in [3.8, 4) is 5.75 Å². The predicted molar refractivity (Wildman–Crippen MR) is 93.1 cm³/mol. The maximum atomic E-state index is 12.2. The number of rotatable bonds is 6.